The number of amides is 1. The molecule has 0 aromatic heterocycles. The van der Waals surface area contributed by atoms with Crippen molar-refractivity contribution in [1.29, 1.82) is 0 Å². The maximum atomic E-state index is 12.2. The van der Waals surface area contributed by atoms with Gasteiger partial charge in [0.2, 0.25) is 5.91 Å². The summed E-state index contributed by atoms with van der Waals surface area (Å²) in [4.78, 5) is 12.2. The van der Waals surface area contributed by atoms with Gasteiger partial charge in [-0.1, -0.05) is 47.0 Å². The van der Waals surface area contributed by atoms with Gasteiger partial charge in [0.05, 0.1) is 13.5 Å². The average Bonchev–Trinajstić information content (AvgIpc) is 2.48. The van der Waals surface area contributed by atoms with Crippen molar-refractivity contribution >= 4 is 21.8 Å². The minimum absolute atomic E-state index is 0.0901. The summed E-state index contributed by atoms with van der Waals surface area (Å²) in [5.74, 6) is 1.43. The molecule has 0 spiro atoms. The van der Waals surface area contributed by atoms with Gasteiger partial charge in [0.25, 0.3) is 0 Å². The van der Waals surface area contributed by atoms with Crippen molar-refractivity contribution in [3.8, 4) is 5.75 Å². The third-order valence-electron chi connectivity index (χ3n) is 4.00. The number of methoxy groups -OCH3 is 1. The molecule has 0 aliphatic heterocycles. The highest BCUT2D eigenvalue weighted by Crippen LogP contribution is 2.26. The van der Waals surface area contributed by atoms with Gasteiger partial charge in [-0.15, -0.1) is 0 Å². The molecular weight excluding hydrogens is 318 g/mol. The summed E-state index contributed by atoms with van der Waals surface area (Å²) < 4.78 is 5.29. The van der Waals surface area contributed by atoms with Gasteiger partial charge >= 0.3 is 0 Å². The zero-order valence-corrected chi connectivity index (χ0v) is 13.5. The Morgan fingerprint density at radius 3 is 2.85 bits per heavy atom. The standard InChI is InChI=1S/C16H22BrNO2/c1-20-15-9-5-3-6-12(15)10-16(19)18-14-8-4-2-7-13(14)11-17/h3,5-6,9,13-14H,2,4,7-8,10-11H2,1H3,(H,18,19). The van der Waals surface area contributed by atoms with Crippen LogP contribution in [0.15, 0.2) is 24.3 Å². The highest BCUT2D eigenvalue weighted by Gasteiger charge is 2.25. The Balaban J connectivity index is 1.94. The zero-order chi connectivity index (χ0) is 14.4. The Labute approximate surface area is 129 Å². The first kappa shape index (κ1) is 15.4. The maximum Gasteiger partial charge on any atom is 0.224 e. The fourth-order valence-electron chi connectivity index (χ4n) is 2.86. The van der Waals surface area contributed by atoms with Crippen molar-refractivity contribution in [3.63, 3.8) is 0 Å². The van der Waals surface area contributed by atoms with E-state index >= 15 is 0 Å². The van der Waals surface area contributed by atoms with Crippen LogP contribution >= 0.6 is 15.9 Å². The van der Waals surface area contributed by atoms with Gasteiger partial charge in [0.15, 0.2) is 0 Å². The number of carbonyl (C=O) groups is 1. The van der Waals surface area contributed by atoms with Crippen molar-refractivity contribution in [3.05, 3.63) is 29.8 Å². The van der Waals surface area contributed by atoms with Crippen LogP contribution in [0.1, 0.15) is 31.2 Å². The first-order chi connectivity index (χ1) is 9.74. The number of alkyl halides is 1. The minimum atomic E-state index is 0.0901. The van der Waals surface area contributed by atoms with Crippen LogP contribution < -0.4 is 10.1 Å². The molecule has 2 rings (SSSR count). The van der Waals surface area contributed by atoms with Crippen LogP contribution in [0.2, 0.25) is 0 Å². The number of halogens is 1. The lowest BCUT2D eigenvalue weighted by molar-refractivity contribution is -0.121. The summed E-state index contributed by atoms with van der Waals surface area (Å²) in [5, 5.41) is 4.16. The molecule has 1 aliphatic rings. The number of para-hydroxylation sites is 1. The first-order valence-corrected chi connectivity index (χ1v) is 8.34. The van der Waals surface area contributed by atoms with E-state index in [1.165, 1.54) is 19.3 Å². The largest absolute Gasteiger partial charge is 0.496 e. The number of carbonyl (C=O) groups excluding carboxylic acids is 1. The number of rotatable bonds is 5. The lowest BCUT2D eigenvalue weighted by atomic mass is 9.86. The van der Waals surface area contributed by atoms with E-state index in [1.54, 1.807) is 7.11 Å². The van der Waals surface area contributed by atoms with Gasteiger partial charge in [0.1, 0.15) is 5.75 Å². The SMILES string of the molecule is COc1ccccc1CC(=O)NC1CCCCC1CBr. The third-order valence-corrected chi connectivity index (χ3v) is 4.83. The van der Waals surface area contributed by atoms with E-state index in [0.717, 1.165) is 23.1 Å². The smallest absolute Gasteiger partial charge is 0.224 e. The summed E-state index contributed by atoms with van der Waals surface area (Å²) in [6, 6.07) is 8.01. The topological polar surface area (TPSA) is 38.3 Å². The summed E-state index contributed by atoms with van der Waals surface area (Å²) in [7, 11) is 1.64. The lowest BCUT2D eigenvalue weighted by Crippen LogP contribution is -2.43. The number of hydrogen-bond donors (Lipinski definition) is 1. The van der Waals surface area contributed by atoms with Crippen LogP contribution in [0.5, 0.6) is 5.75 Å². The fourth-order valence-corrected chi connectivity index (χ4v) is 3.64. The van der Waals surface area contributed by atoms with Crippen LogP contribution in [0, 0.1) is 5.92 Å². The number of nitrogens with one attached hydrogen (secondary N) is 1. The zero-order valence-electron chi connectivity index (χ0n) is 11.9. The molecule has 1 aromatic carbocycles. The third kappa shape index (κ3) is 3.98. The van der Waals surface area contributed by atoms with E-state index in [4.69, 9.17) is 4.74 Å². The lowest BCUT2D eigenvalue weighted by Gasteiger charge is -2.31. The quantitative estimate of drug-likeness (QED) is 0.835. The van der Waals surface area contributed by atoms with Crippen LogP contribution in [0.3, 0.4) is 0 Å². The number of ether oxygens (including phenoxy) is 1. The highest BCUT2D eigenvalue weighted by molar-refractivity contribution is 9.09. The van der Waals surface area contributed by atoms with Gasteiger partial charge in [-0.25, -0.2) is 0 Å². The Morgan fingerprint density at radius 1 is 1.35 bits per heavy atom. The highest BCUT2D eigenvalue weighted by atomic mass is 79.9. The normalized spacial score (nSPS) is 22.3. The first-order valence-electron chi connectivity index (χ1n) is 7.21. The Hall–Kier alpha value is -1.03. The monoisotopic (exact) mass is 339 g/mol. The molecule has 110 valence electrons. The van der Waals surface area contributed by atoms with Crippen LogP contribution in [0.4, 0.5) is 0 Å². The Bertz CT molecular complexity index is 450. The predicted molar refractivity (Wildman–Crippen MR) is 84.4 cm³/mol. The van der Waals surface area contributed by atoms with E-state index in [1.807, 2.05) is 24.3 Å². The van der Waals surface area contributed by atoms with Gasteiger partial charge in [0, 0.05) is 16.9 Å². The van der Waals surface area contributed by atoms with Crippen molar-refractivity contribution in [2.45, 2.75) is 38.1 Å². The summed E-state index contributed by atoms with van der Waals surface area (Å²) in [5.41, 5.74) is 0.943. The Morgan fingerprint density at radius 2 is 2.10 bits per heavy atom. The second kappa shape index (κ2) is 7.67. The van der Waals surface area contributed by atoms with Crippen LogP contribution in [0.25, 0.3) is 0 Å². The molecule has 20 heavy (non-hydrogen) atoms. The van der Waals surface area contributed by atoms with E-state index in [2.05, 4.69) is 21.2 Å². The fraction of sp³-hybridized carbons (Fsp3) is 0.562. The molecule has 0 bridgehead atoms. The molecule has 0 radical (unpaired) electrons. The van der Waals surface area contributed by atoms with Crippen molar-refractivity contribution in [1.82, 2.24) is 5.32 Å². The summed E-state index contributed by atoms with van der Waals surface area (Å²) in [6.45, 7) is 0. The Kier molecular flexibility index (Phi) is 5.89. The van der Waals surface area contributed by atoms with Crippen LogP contribution in [-0.4, -0.2) is 24.4 Å². The van der Waals surface area contributed by atoms with Crippen molar-refractivity contribution in [2.75, 3.05) is 12.4 Å². The molecule has 1 aliphatic carbocycles. The molecule has 0 heterocycles. The van der Waals surface area contributed by atoms with Gasteiger partial charge in [-0.05, 0) is 24.8 Å². The van der Waals surface area contributed by atoms with Gasteiger partial charge in [-0.3, -0.25) is 4.79 Å². The van der Waals surface area contributed by atoms with Gasteiger partial charge < -0.3 is 10.1 Å². The molecule has 1 fully saturated rings. The molecule has 1 N–H and O–H groups in total. The van der Waals surface area contributed by atoms with E-state index in [-0.39, 0.29) is 5.91 Å². The predicted octanol–water partition coefficient (Wildman–Crippen LogP) is 3.31. The van der Waals surface area contributed by atoms with E-state index in [0.29, 0.717) is 18.4 Å². The molecule has 1 aromatic rings. The molecule has 4 heteroatoms. The molecular formula is C16H22BrNO2. The number of benzene rings is 1. The van der Waals surface area contributed by atoms with Crippen molar-refractivity contribution in [2.24, 2.45) is 5.92 Å². The second-order valence-electron chi connectivity index (χ2n) is 5.36. The van der Waals surface area contributed by atoms with E-state index in [9.17, 15) is 4.79 Å². The average molecular weight is 340 g/mol. The molecule has 0 saturated heterocycles. The molecule has 2 unspecified atom stereocenters. The second-order valence-corrected chi connectivity index (χ2v) is 6.01. The number of hydrogen-bond acceptors (Lipinski definition) is 2. The summed E-state index contributed by atoms with van der Waals surface area (Å²) in [6.07, 6.45) is 5.16. The maximum absolute atomic E-state index is 12.2. The molecule has 3 nitrogen and oxygen atoms in total. The molecule has 2 atom stereocenters. The van der Waals surface area contributed by atoms with Crippen molar-refractivity contribution < 1.29 is 9.53 Å². The van der Waals surface area contributed by atoms with E-state index < -0.39 is 0 Å². The molecule has 1 saturated carbocycles. The van der Waals surface area contributed by atoms with Gasteiger partial charge in [-0.2, -0.15) is 0 Å². The van der Waals surface area contributed by atoms with Crippen LogP contribution in [-0.2, 0) is 11.2 Å². The summed E-state index contributed by atoms with van der Waals surface area (Å²) >= 11 is 3.56. The molecule has 1 amide bonds. The minimum Gasteiger partial charge on any atom is -0.496 e.